The molecule has 36 heavy (non-hydrogen) atoms. The molecule has 0 fully saturated rings. The van der Waals surface area contributed by atoms with Crippen LogP contribution in [0.2, 0.25) is 0 Å². The number of para-hydroxylation sites is 4. The van der Waals surface area contributed by atoms with Crippen molar-refractivity contribution < 1.29 is 65.3 Å². The Morgan fingerprint density at radius 3 is 1.42 bits per heavy atom. The van der Waals surface area contributed by atoms with Gasteiger partial charge in [0.05, 0.1) is 35.3 Å². The predicted molar refractivity (Wildman–Crippen MR) is 125 cm³/mol. The molecule has 0 unspecified atom stereocenters. The molecule has 0 spiro atoms. The molecule has 11 heteroatoms. The minimum absolute atomic E-state index is 0. The van der Waals surface area contributed by atoms with E-state index < -0.39 is 0 Å². The number of benzene rings is 2. The van der Waals surface area contributed by atoms with Crippen molar-refractivity contribution in [1.82, 2.24) is 24.1 Å². The standard InChI is InChI=1S/C25H25N5O2.3ClH.V/c1-31-16-14-29-22-12-5-3-8-18(22)27-24(29)20-10-7-11-21(26-20)25-28-19-9-4-6-13-23(19)30(25)15-17-32-2;;;;/h3-13H,14-17H2,1-2H3;3*1H;/p-3. The van der Waals surface area contributed by atoms with Crippen LogP contribution in [-0.4, -0.2) is 51.5 Å². The predicted octanol–water partition coefficient (Wildman–Crippen LogP) is -4.58. The molecule has 0 N–H and O–H groups in total. The van der Waals surface area contributed by atoms with E-state index in [0.29, 0.717) is 26.3 Å². The van der Waals surface area contributed by atoms with E-state index in [1.807, 2.05) is 54.6 Å². The van der Waals surface area contributed by atoms with Gasteiger partial charge in [0.15, 0.2) is 11.6 Å². The number of nitrogens with zero attached hydrogens (tertiary/aromatic N) is 5. The van der Waals surface area contributed by atoms with Crippen LogP contribution in [0, 0.1) is 0 Å². The summed E-state index contributed by atoms with van der Waals surface area (Å²) in [6.07, 6.45) is 0. The molecule has 2 aromatic carbocycles. The summed E-state index contributed by atoms with van der Waals surface area (Å²) in [6.45, 7) is 2.59. The summed E-state index contributed by atoms with van der Waals surface area (Å²) in [4.78, 5) is 14.8. The third-order valence-corrected chi connectivity index (χ3v) is 5.55. The number of halogens is 3. The fourth-order valence-corrected chi connectivity index (χ4v) is 4.04. The molecule has 1 radical (unpaired) electrons. The number of ether oxygens (including phenoxy) is 2. The van der Waals surface area contributed by atoms with E-state index in [0.717, 1.165) is 45.1 Å². The van der Waals surface area contributed by atoms with Crippen molar-refractivity contribution in [3.8, 4) is 23.0 Å². The molecule has 0 aliphatic rings. The fourth-order valence-electron chi connectivity index (χ4n) is 4.04. The summed E-state index contributed by atoms with van der Waals surface area (Å²) in [5, 5.41) is 0. The van der Waals surface area contributed by atoms with Crippen LogP contribution >= 0.6 is 0 Å². The first-order valence-electron chi connectivity index (χ1n) is 10.7. The van der Waals surface area contributed by atoms with Crippen LogP contribution in [0.1, 0.15) is 0 Å². The maximum atomic E-state index is 5.34. The van der Waals surface area contributed by atoms with Crippen molar-refractivity contribution in [3.63, 3.8) is 0 Å². The van der Waals surface area contributed by atoms with Gasteiger partial charge in [-0.2, -0.15) is 0 Å². The molecule has 0 amide bonds. The quantitative estimate of drug-likeness (QED) is 0.184. The Morgan fingerprint density at radius 2 is 1.00 bits per heavy atom. The van der Waals surface area contributed by atoms with Crippen molar-refractivity contribution in [1.29, 1.82) is 0 Å². The fraction of sp³-hybridized carbons (Fsp3) is 0.240. The topological polar surface area (TPSA) is 67.0 Å². The maximum Gasteiger partial charge on any atom is 0.159 e. The summed E-state index contributed by atoms with van der Waals surface area (Å²) in [6, 6.07) is 22.3. The van der Waals surface area contributed by atoms with E-state index in [-0.39, 0.29) is 55.8 Å². The number of hydrogen-bond acceptors (Lipinski definition) is 5. The second-order valence-corrected chi connectivity index (χ2v) is 7.55. The number of pyridine rings is 1. The third-order valence-electron chi connectivity index (χ3n) is 5.55. The second-order valence-electron chi connectivity index (χ2n) is 7.55. The van der Waals surface area contributed by atoms with Crippen LogP contribution in [0.3, 0.4) is 0 Å². The van der Waals surface area contributed by atoms with Gasteiger partial charge in [-0.15, -0.1) is 0 Å². The van der Waals surface area contributed by atoms with Gasteiger partial charge in [-0.25, -0.2) is 15.0 Å². The Hall–Kier alpha value is -2.10. The summed E-state index contributed by atoms with van der Waals surface area (Å²) in [5.74, 6) is 1.65. The Balaban J connectivity index is 0.00000162. The maximum absolute atomic E-state index is 5.34. The average molecular weight is 585 g/mol. The van der Waals surface area contributed by atoms with Gasteiger partial charge in [0.25, 0.3) is 0 Å². The molecule has 0 aliphatic carbocycles. The zero-order chi connectivity index (χ0) is 21.9. The third kappa shape index (κ3) is 6.24. The van der Waals surface area contributed by atoms with Crippen LogP contribution in [0.25, 0.3) is 45.1 Å². The van der Waals surface area contributed by atoms with Crippen LogP contribution in [-0.2, 0) is 41.1 Å². The molecule has 5 rings (SSSR count). The molecule has 0 saturated heterocycles. The molecule has 0 aliphatic heterocycles. The van der Waals surface area contributed by atoms with E-state index in [4.69, 9.17) is 24.4 Å². The second kappa shape index (κ2) is 14.6. The normalized spacial score (nSPS) is 10.3. The first-order chi connectivity index (χ1) is 15.8. The van der Waals surface area contributed by atoms with Crippen molar-refractivity contribution in [3.05, 3.63) is 66.7 Å². The van der Waals surface area contributed by atoms with Crippen LogP contribution in [0.15, 0.2) is 66.7 Å². The van der Waals surface area contributed by atoms with Gasteiger partial charge >= 0.3 is 0 Å². The molecule has 5 aromatic rings. The Labute approximate surface area is 240 Å². The molecule has 3 aromatic heterocycles. The van der Waals surface area contributed by atoms with Gasteiger partial charge in [-0.1, -0.05) is 30.3 Å². The van der Waals surface area contributed by atoms with Crippen LogP contribution in [0.4, 0.5) is 0 Å². The van der Waals surface area contributed by atoms with Crippen LogP contribution in [0.5, 0.6) is 0 Å². The number of imidazole rings is 2. The molecule has 3 heterocycles. The van der Waals surface area contributed by atoms with Gasteiger partial charge in [0, 0.05) is 45.9 Å². The Bertz CT molecular complexity index is 1290. The van der Waals surface area contributed by atoms with E-state index in [9.17, 15) is 0 Å². The largest absolute Gasteiger partial charge is 1.00 e. The number of hydrogen-bond donors (Lipinski definition) is 0. The molecule has 0 bridgehead atoms. The molecule has 191 valence electrons. The SMILES string of the molecule is COCCn1c(-c2cccc(-c3nc4ccccc4n3CCOC)n2)nc2ccccc21.[Cl-].[Cl-].[Cl-].[V]. The van der Waals surface area contributed by atoms with Crippen molar-refractivity contribution in [2.24, 2.45) is 0 Å². The summed E-state index contributed by atoms with van der Waals surface area (Å²) in [7, 11) is 3.42. The molecular weight excluding hydrogens is 560 g/mol. The molecule has 0 saturated carbocycles. The van der Waals surface area contributed by atoms with Crippen LogP contribution < -0.4 is 37.2 Å². The smallest absolute Gasteiger partial charge is 0.159 e. The van der Waals surface area contributed by atoms with E-state index in [1.165, 1.54) is 0 Å². The zero-order valence-corrected chi connectivity index (χ0v) is 23.5. The summed E-state index contributed by atoms with van der Waals surface area (Å²) < 4.78 is 15.0. The minimum atomic E-state index is 0. The van der Waals surface area contributed by atoms with E-state index in [1.54, 1.807) is 14.2 Å². The van der Waals surface area contributed by atoms with Crippen molar-refractivity contribution in [2.45, 2.75) is 13.1 Å². The first-order valence-corrected chi connectivity index (χ1v) is 10.7. The Kier molecular flexibility index (Phi) is 12.9. The number of rotatable bonds is 8. The average Bonchev–Trinajstić information content (AvgIpc) is 3.40. The molecule has 0 atom stereocenters. The minimum Gasteiger partial charge on any atom is -1.00 e. The number of fused-ring (bicyclic) bond motifs is 2. The van der Waals surface area contributed by atoms with Crippen molar-refractivity contribution in [2.75, 3.05) is 27.4 Å². The van der Waals surface area contributed by atoms with Gasteiger partial charge in [-0.3, -0.25) is 0 Å². The number of aromatic nitrogens is 5. The molecule has 7 nitrogen and oxygen atoms in total. The summed E-state index contributed by atoms with van der Waals surface area (Å²) in [5.41, 5.74) is 5.63. The monoisotopic (exact) mass is 583 g/mol. The zero-order valence-electron chi connectivity index (χ0n) is 19.8. The molecular formula is C25H25Cl3N5O2V-3. The first kappa shape index (κ1) is 31.9. The van der Waals surface area contributed by atoms with E-state index >= 15 is 0 Å². The van der Waals surface area contributed by atoms with Gasteiger partial charge < -0.3 is 55.8 Å². The van der Waals surface area contributed by atoms with E-state index in [2.05, 4.69) is 21.3 Å². The number of methoxy groups -OCH3 is 2. The van der Waals surface area contributed by atoms with Gasteiger partial charge in [0.2, 0.25) is 0 Å². The summed E-state index contributed by atoms with van der Waals surface area (Å²) >= 11 is 0. The van der Waals surface area contributed by atoms with Gasteiger partial charge in [-0.05, 0) is 36.4 Å². The van der Waals surface area contributed by atoms with Crippen molar-refractivity contribution >= 4 is 22.1 Å². The van der Waals surface area contributed by atoms with Gasteiger partial charge in [0.1, 0.15) is 11.4 Å². The Morgan fingerprint density at radius 1 is 0.583 bits per heavy atom.